The number of barbiturate groups is 1. The van der Waals surface area contributed by atoms with Gasteiger partial charge in [0.25, 0.3) is 11.8 Å². The number of amides is 4. The number of urea groups is 1. The van der Waals surface area contributed by atoms with Crippen LogP contribution in [0, 0.1) is 5.82 Å². The number of hydrogen-bond acceptors (Lipinski definition) is 4. The number of imide groups is 2. The molecule has 1 aliphatic heterocycles. The minimum Gasteiger partial charge on any atom is -0.488 e. The van der Waals surface area contributed by atoms with Crippen LogP contribution in [-0.4, -0.2) is 17.8 Å². The summed E-state index contributed by atoms with van der Waals surface area (Å²) in [6.45, 7) is 0.176. The van der Waals surface area contributed by atoms with Gasteiger partial charge >= 0.3 is 6.03 Å². The second kappa shape index (κ2) is 8.62. The van der Waals surface area contributed by atoms with Gasteiger partial charge in [-0.2, -0.15) is 0 Å². The van der Waals surface area contributed by atoms with Crippen LogP contribution in [0.15, 0.2) is 84.4 Å². The van der Waals surface area contributed by atoms with Gasteiger partial charge in [0.05, 0.1) is 5.69 Å². The maximum Gasteiger partial charge on any atom is 0.335 e. The Bertz CT molecular complexity index is 1170. The normalized spacial score (nSPS) is 15.2. The first kappa shape index (κ1) is 20.0. The number of hydrogen-bond donors (Lipinski definition) is 1. The molecule has 0 bridgehead atoms. The summed E-state index contributed by atoms with van der Waals surface area (Å²) < 4.78 is 18.9. The fraction of sp³-hybridized carbons (Fsp3) is 0.0417. The molecule has 4 amide bonds. The van der Waals surface area contributed by atoms with Gasteiger partial charge in [-0.3, -0.25) is 14.9 Å². The maximum absolute atomic E-state index is 13.1. The van der Waals surface area contributed by atoms with Gasteiger partial charge in [0.1, 0.15) is 23.7 Å². The lowest BCUT2D eigenvalue weighted by atomic mass is 10.1. The molecule has 1 aliphatic rings. The van der Waals surface area contributed by atoms with Crippen molar-refractivity contribution >= 4 is 29.6 Å². The van der Waals surface area contributed by atoms with Crippen molar-refractivity contribution in [3.05, 3.63) is 101 Å². The van der Waals surface area contributed by atoms with Crippen molar-refractivity contribution in [3.63, 3.8) is 0 Å². The predicted octanol–water partition coefficient (Wildman–Crippen LogP) is 4.07. The third kappa shape index (κ3) is 4.35. The SMILES string of the molecule is O=C1NC(=O)N(c2ccccc2)C(=O)/C1=C\c1ccccc1OCc1ccc(F)cc1. The molecular weight excluding hydrogens is 399 g/mol. The van der Waals surface area contributed by atoms with Crippen molar-refractivity contribution < 1.29 is 23.5 Å². The number of halogens is 1. The third-order valence-corrected chi connectivity index (χ3v) is 4.64. The van der Waals surface area contributed by atoms with Crippen molar-refractivity contribution in [2.75, 3.05) is 4.90 Å². The van der Waals surface area contributed by atoms with E-state index in [1.807, 2.05) is 0 Å². The molecule has 4 rings (SSSR count). The fourth-order valence-electron chi connectivity index (χ4n) is 3.10. The molecule has 6 nitrogen and oxygen atoms in total. The molecule has 31 heavy (non-hydrogen) atoms. The fourth-order valence-corrected chi connectivity index (χ4v) is 3.10. The topological polar surface area (TPSA) is 75.7 Å². The van der Waals surface area contributed by atoms with Gasteiger partial charge < -0.3 is 4.74 Å². The molecule has 0 atom stereocenters. The van der Waals surface area contributed by atoms with Gasteiger partial charge in [0.15, 0.2) is 0 Å². The van der Waals surface area contributed by atoms with E-state index in [2.05, 4.69) is 5.32 Å². The summed E-state index contributed by atoms with van der Waals surface area (Å²) in [5.74, 6) is -1.42. The van der Waals surface area contributed by atoms with E-state index >= 15 is 0 Å². The highest BCUT2D eigenvalue weighted by Gasteiger charge is 2.36. The van der Waals surface area contributed by atoms with Gasteiger partial charge in [-0.05, 0) is 42.0 Å². The van der Waals surface area contributed by atoms with E-state index in [4.69, 9.17) is 4.74 Å². The van der Waals surface area contributed by atoms with Crippen LogP contribution in [0.2, 0.25) is 0 Å². The first-order valence-corrected chi connectivity index (χ1v) is 9.46. The Morgan fingerprint density at radius 3 is 2.29 bits per heavy atom. The number of nitrogens with one attached hydrogen (secondary N) is 1. The van der Waals surface area contributed by atoms with Crippen LogP contribution in [0.25, 0.3) is 6.08 Å². The summed E-state index contributed by atoms with van der Waals surface area (Å²) in [5, 5.41) is 2.19. The van der Waals surface area contributed by atoms with Gasteiger partial charge in [0, 0.05) is 5.56 Å². The Hall–Kier alpha value is -4.26. The lowest BCUT2D eigenvalue weighted by Crippen LogP contribution is -2.54. The second-order valence-corrected chi connectivity index (χ2v) is 6.75. The first-order valence-electron chi connectivity index (χ1n) is 9.46. The molecule has 0 aliphatic carbocycles. The van der Waals surface area contributed by atoms with Gasteiger partial charge in [-0.15, -0.1) is 0 Å². The van der Waals surface area contributed by atoms with Crippen molar-refractivity contribution in [3.8, 4) is 5.75 Å². The molecule has 1 fully saturated rings. The number of carbonyl (C=O) groups excluding carboxylic acids is 3. The van der Waals surface area contributed by atoms with E-state index in [1.165, 1.54) is 18.2 Å². The maximum atomic E-state index is 13.1. The molecule has 1 saturated heterocycles. The zero-order valence-electron chi connectivity index (χ0n) is 16.2. The number of para-hydroxylation sites is 2. The smallest absolute Gasteiger partial charge is 0.335 e. The van der Waals surface area contributed by atoms with E-state index in [-0.39, 0.29) is 18.0 Å². The molecule has 1 heterocycles. The summed E-state index contributed by atoms with van der Waals surface area (Å²) >= 11 is 0. The van der Waals surface area contributed by atoms with E-state index in [1.54, 1.807) is 66.7 Å². The lowest BCUT2D eigenvalue weighted by Gasteiger charge is -2.26. The van der Waals surface area contributed by atoms with Gasteiger partial charge in [-0.1, -0.05) is 48.5 Å². The Morgan fingerprint density at radius 2 is 1.55 bits per heavy atom. The van der Waals surface area contributed by atoms with Gasteiger partial charge in [-0.25, -0.2) is 14.1 Å². The highest BCUT2D eigenvalue weighted by atomic mass is 19.1. The minimum atomic E-state index is -0.806. The lowest BCUT2D eigenvalue weighted by molar-refractivity contribution is -0.122. The molecule has 0 unspecified atom stereocenters. The van der Waals surface area contributed by atoms with Crippen molar-refractivity contribution in [1.82, 2.24) is 5.32 Å². The summed E-state index contributed by atoms with van der Waals surface area (Å²) in [7, 11) is 0. The van der Waals surface area contributed by atoms with E-state index in [9.17, 15) is 18.8 Å². The summed E-state index contributed by atoms with van der Waals surface area (Å²) in [6.07, 6.45) is 1.39. The molecule has 0 spiro atoms. The summed E-state index contributed by atoms with van der Waals surface area (Å²) in [5.41, 5.74) is 1.41. The highest BCUT2D eigenvalue weighted by Crippen LogP contribution is 2.26. The summed E-state index contributed by atoms with van der Waals surface area (Å²) in [6, 6.07) is 20.3. The number of carbonyl (C=O) groups is 3. The van der Waals surface area contributed by atoms with E-state index in [0.29, 0.717) is 17.0 Å². The molecule has 3 aromatic rings. The van der Waals surface area contributed by atoms with Crippen LogP contribution < -0.4 is 15.0 Å². The quantitative estimate of drug-likeness (QED) is 0.503. The van der Waals surface area contributed by atoms with Crippen LogP contribution in [0.3, 0.4) is 0 Å². The minimum absolute atomic E-state index is 0.176. The first-order chi connectivity index (χ1) is 15.0. The number of anilines is 1. The molecule has 7 heteroatoms. The monoisotopic (exact) mass is 416 g/mol. The molecule has 0 radical (unpaired) electrons. The third-order valence-electron chi connectivity index (χ3n) is 4.64. The number of nitrogens with zero attached hydrogens (tertiary/aromatic N) is 1. The average molecular weight is 416 g/mol. The van der Waals surface area contributed by atoms with Crippen LogP contribution >= 0.6 is 0 Å². The molecule has 0 aromatic heterocycles. The molecule has 3 aromatic carbocycles. The Kier molecular flexibility index (Phi) is 5.57. The van der Waals surface area contributed by atoms with Crippen molar-refractivity contribution in [2.45, 2.75) is 6.61 Å². The molecule has 154 valence electrons. The van der Waals surface area contributed by atoms with Crippen molar-refractivity contribution in [1.29, 1.82) is 0 Å². The van der Waals surface area contributed by atoms with Crippen molar-refractivity contribution in [2.24, 2.45) is 0 Å². The molecular formula is C24H17FN2O4. The zero-order valence-corrected chi connectivity index (χ0v) is 16.2. The largest absolute Gasteiger partial charge is 0.488 e. The van der Waals surface area contributed by atoms with Crippen LogP contribution in [0.1, 0.15) is 11.1 Å². The van der Waals surface area contributed by atoms with Crippen LogP contribution in [0.4, 0.5) is 14.9 Å². The van der Waals surface area contributed by atoms with Crippen LogP contribution in [-0.2, 0) is 16.2 Å². The van der Waals surface area contributed by atoms with Crippen LogP contribution in [0.5, 0.6) is 5.75 Å². The zero-order chi connectivity index (χ0) is 21.8. The number of ether oxygens (including phenoxy) is 1. The Balaban J connectivity index is 1.62. The number of benzene rings is 3. The van der Waals surface area contributed by atoms with E-state index < -0.39 is 17.8 Å². The second-order valence-electron chi connectivity index (χ2n) is 6.75. The Labute approximate surface area is 177 Å². The average Bonchev–Trinajstić information content (AvgIpc) is 2.77. The standard InChI is InChI=1S/C24H17FN2O4/c25-18-12-10-16(11-13-18)15-31-21-9-5-4-6-17(21)14-20-22(28)26-24(30)27(23(20)29)19-7-2-1-3-8-19/h1-14H,15H2,(H,26,28,30)/b20-14-. The van der Waals surface area contributed by atoms with Gasteiger partial charge in [0.2, 0.25) is 0 Å². The summed E-state index contributed by atoms with van der Waals surface area (Å²) in [4.78, 5) is 38.5. The predicted molar refractivity (Wildman–Crippen MR) is 113 cm³/mol. The Morgan fingerprint density at radius 1 is 0.871 bits per heavy atom. The number of rotatable bonds is 5. The molecule has 1 N–H and O–H groups in total. The highest BCUT2D eigenvalue weighted by molar-refractivity contribution is 6.39. The van der Waals surface area contributed by atoms with E-state index in [0.717, 1.165) is 10.5 Å². The molecule has 0 saturated carbocycles.